The van der Waals surface area contributed by atoms with Crippen molar-refractivity contribution in [1.29, 1.82) is 5.26 Å². The van der Waals surface area contributed by atoms with Gasteiger partial charge in [-0.1, -0.05) is 39.0 Å². The van der Waals surface area contributed by atoms with E-state index in [-0.39, 0.29) is 0 Å². The first kappa shape index (κ1) is 11.4. The third-order valence-corrected chi connectivity index (χ3v) is 1.91. The molecule has 0 aromatic carbocycles. The summed E-state index contributed by atoms with van der Waals surface area (Å²) in [6.07, 6.45) is 7.92. The highest BCUT2D eigenvalue weighted by Gasteiger charge is 1.88. The van der Waals surface area contributed by atoms with Gasteiger partial charge in [0, 0.05) is 0 Å². The van der Waals surface area contributed by atoms with E-state index in [2.05, 4.69) is 18.3 Å². The van der Waals surface area contributed by atoms with Gasteiger partial charge in [-0.15, -0.1) is 0 Å². The molecule has 0 fully saturated rings. The van der Waals surface area contributed by atoms with E-state index in [1.165, 1.54) is 38.5 Å². The molecule has 0 spiro atoms. The topological polar surface area (TPSA) is 35.8 Å². The maximum Gasteiger partial charge on any atom is 0.0840 e. The van der Waals surface area contributed by atoms with Crippen molar-refractivity contribution in [2.24, 2.45) is 0 Å². The lowest BCUT2D eigenvalue weighted by molar-refractivity contribution is 0.586. The molecular weight excluding hydrogens is 148 g/mol. The number of rotatable bonds is 8. The first-order valence-electron chi connectivity index (χ1n) is 4.99. The van der Waals surface area contributed by atoms with Crippen molar-refractivity contribution >= 4 is 0 Å². The molecule has 0 saturated carbocycles. The molecule has 0 aliphatic carbocycles. The highest BCUT2D eigenvalue weighted by Crippen LogP contribution is 2.03. The van der Waals surface area contributed by atoms with E-state index in [1.807, 2.05) is 0 Å². The Morgan fingerprint density at radius 3 is 2.42 bits per heavy atom. The molecule has 0 aliphatic rings. The van der Waals surface area contributed by atoms with Crippen molar-refractivity contribution < 1.29 is 0 Å². The molecule has 12 heavy (non-hydrogen) atoms. The van der Waals surface area contributed by atoms with Crippen LogP contribution in [0.4, 0.5) is 0 Å². The molecule has 0 aromatic heterocycles. The molecule has 2 heteroatoms. The lowest BCUT2D eigenvalue weighted by atomic mass is 10.1. The van der Waals surface area contributed by atoms with Crippen LogP contribution in [-0.4, -0.2) is 13.1 Å². The Bertz CT molecular complexity index is 115. The van der Waals surface area contributed by atoms with E-state index in [0.29, 0.717) is 6.54 Å². The van der Waals surface area contributed by atoms with Gasteiger partial charge in [0.1, 0.15) is 0 Å². The second kappa shape index (κ2) is 10.4. The zero-order valence-electron chi connectivity index (χ0n) is 8.10. The molecule has 0 unspecified atom stereocenters. The van der Waals surface area contributed by atoms with E-state index < -0.39 is 0 Å². The van der Waals surface area contributed by atoms with Crippen molar-refractivity contribution in [3.63, 3.8) is 0 Å². The number of nitriles is 1. The smallest absolute Gasteiger partial charge is 0.0840 e. The number of nitrogens with zero attached hydrogens (tertiary/aromatic N) is 1. The number of hydrogen-bond acceptors (Lipinski definition) is 2. The lowest BCUT2D eigenvalue weighted by Crippen LogP contribution is -2.14. The van der Waals surface area contributed by atoms with Crippen LogP contribution in [0.1, 0.15) is 45.4 Å². The van der Waals surface area contributed by atoms with Crippen LogP contribution < -0.4 is 5.32 Å². The van der Waals surface area contributed by atoms with Crippen molar-refractivity contribution in [1.82, 2.24) is 5.32 Å². The lowest BCUT2D eigenvalue weighted by Gasteiger charge is -2.00. The summed E-state index contributed by atoms with van der Waals surface area (Å²) in [4.78, 5) is 0. The van der Waals surface area contributed by atoms with Gasteiger partial charge in [-0.3, -0.25) is 0 Å². The van der Waals surface area contributed by atoms with Crippen molar-refractivity contribution in [3.8, 4) is 6.07 Å². The van der Waals surface area contributed by atoms with Crippen LogP contribution in [-0.2, 0) is 0 Å². The standard InChI is InChI=1S/C10H20N2/c1-2-3-4-5-6-7-9-12-10-8-11/h12H,2-7,9-10H2,1H3. The minimum absolute atomic E-state index is 0.495. The molecule has 2 nitrogen and oxygen atoms in total. The summed E-state index contributed by atoms with van der Waals surface area (Å²) >= 11 is 0. The van der Waals surface area contributed by atoms with Crippen LogP contribution in [0.3, 0.4) is 0 Å². The van der Waals surface area contributed by atoms with Gasteiger partial charge in [0.05, 0.1) is 12.6 Å². The van der Waals surface area contributed by atoms with Gasteiger partial charge in [0.25, 0.3) is 0 Å². The summed E-state index contributed by atoms with van der Waals surface area (Å²) < 4.78 is 0. The number of nitrogens with one attached hydrogen (secondary N) is 1. The highest BCUT2D eigenvalue weighted by molar-refractivity contribution is 4.72. The molecule has 0 atom stereocenters. The Morgan fingerprint density at radius 1 is 1.08 bits per heavy atom. The molecule has 0 amide bonds. The third-order valence-electron chi connectivity index (χ3n) is 1.91. The Morgan fingerprint density at radius 2 is 1.75 bits per heavy atom. The normalized spacial score (nSPS) is 9.67. The maximum absolute atomic E-state index is 8.23. The monoisotopic (exact) mass is 168 g/mol. The van der Waals surface area contributed by atoms with Crippen molar-refractivity contribution in [2.45, 2.75) is 45.4 Å². The summed E-state index contributed by atoms with van der Waals surface area (Å²) in [5.41, 5.74) is 0. The SMILES string of the molecule is CCCCCCCCNCC#N. The maximum atomic E-state index is 8.23. The van der Waals surface area contributed by atoms with Crippen molar-refractivity contribution in [2.75, 3.05) is 13.1 Å². The fourth-order valence-corrected chi connectivity index (χ4v) is 1.17. The van der Waals surface area contributed by atoms with Crippen LogP contribution in [0.2, 0.25) is 0 Å². The van der Waals surface area contributed by atoms with Gasteiger partial charge < -0.3 is 5.32 Å². The first-order chi connectivity index (χ1) is 5.91. The zero-order valence-corrected chi connectivity index (χ0v) is 8.10. The summed E-state index contributed by atoms with van der Waals surface area (Å²) in [6.45, 7) is 3.73. The van der Waals surface area contributed by atoms with E-state index in [4.69, 9.17) is 5.26 Å². The number of unbranched alkanes of at least 4 members (excludes halogenated alkanes) is 5. The third kappa shape index (κ3) is 9.45. The first-order valence-corrected chi connectivity index (χ1v) is 4.99. The van der Waals surface area contributed by atoms with Crippen LogP contribution in [0.25, 0.3) is 0 Å². The fraction of sp³-hybridized carbons (Fsp3) is 0.900. The molecule has 0 rings (SSSR count). The molecule has 0 bridgehead atoms. The molecule has 1 N–H and O–H groups in total. The van der Waals surface area contributed by atoms with Crippen LogP contribution in [0.5, 0.6) is 0 Å². The van der Waals surface area contributed by atoms with Crippen LogP contribution in [0.15, 0.2) is 0 Å². The van der Waals surface area contributed by atoms with Gasteiger partial charge in [0.2, 0.25) is 0 Å². The molecule has 0 aliphatic heterocycles. The predicted molar refractivity (Wildman–Crippen MR) is 51.9 cm³/mol. The molecular formula is C10H20N2. The molecule has 0 aromatic rings. The molecule has 0 radical (unpaired) electrons. The van der Waals surface area contributed by atoms with Gasteiger partial charge in [-0.05, 0) is 13.0 Å². The molecule has 0 heterocycles. The second-order valence-corrected chi connectivity index (χ2v) is 3.10. The Balaban J connectivity index is 2.78. The highest BCUT2D eigenvalue weighted by atomic mass is 14.8. The average Bonchev–Trinajstić information content (AvgIpc) is 2.10. The van der Waals surface area contributed by atoms with Gasteiger partial charge in [-0.25, -0.2) is 0 Å². The quantitative estimate of drug-likeness (QED) is 0.446. The zero-order chi connectivity index (χ0) is 9.07. The van der Waals surface area contributed by atoms with E-state index in [1.54, 1.807) is 0 Å². The van der Waals surface area contributed by atoms with Gasteiger partial charge in [0.15, 0.2) is 0 Å². The fourth-order valence-electron chi connectivity index (χ4n) is 1.17. The molecule has 70 valence electrons. The summed E-state index contributed by atoms with van der Waals surface area (Å²) in [5, 5.41) is 11.3. The van der Waals surface area contributed by atoms with Crippen molar-refractivity contribution in [3.05, 3.63) is 0 Å². The van der Waals surface area contributed by atoms with E-state index in [9.17, 15) is 0 Å². The largest absolute Gasteiger partial charge is 0.304 e. The Kier molecular flexibility index (Phi) is 9.97. The molecule has 0 saturated heterocycles. The van der Waals surface area contributed by atoms with Crippen LogP contribution >= 0.6 is 0 Å². The Hall–Kier alpha value is -0.550. The van der Waals surface area contributed by atoms with Gasteiger partial charge in [-0.2, -0.15) is 5.26 Å². The van der Waals surface area contributed by atoms with Crippen LogP contribution in [0, 0.1) is 11.3 Å². The van der Waals surface area contributed by atoms with E-state index >= 15 is 0 Å². The minimum Gasteiger partial charge on any atom is -0.304 e. The second-order valence-electron chi connectivity index (χ2n) is 3.10. The summed E-state index contributed by atoms with van der Waals surface area (Å²) in [7, 11) is 0. The Labute approximate surface area is 76.0 Å². The predicted octanol–water partition coefficient (Wildman–Crippen LogP) is 2.46. The summed E-state index contributed by atoms with van der Waals surface area (Å²) in [5.74, 6) is 0. The summed E-state index contributed by atoms with van der Waals surface area (Å²) in [6, 6.07) is 2.07. The number of hydrogen-bond donors (Lipinski definition) is 1. The minimum atomic E-state index is 0.495. The van der Waals surface area contributed by atoms with Gasteiger partial charge >= 0.3 is 0 Å². The van der Waals surface area contributed by atoms with E-state index in [0.717, 1.165) is 6.54 Å². The average molecular weight is 168 g/mol.